The Hall–Kier alpha value is -2.95. The summed E-state index contributed by atoms with van der Waals surface area (Å²) in [5.74, 6) is -0.485. The normalized spacial score (nSPS) is 10.8. The number of carbonyl (C=O) groups excluding carboxylic acids is 1. The predicted molar refractivity (Wildman–Crippen MR) is 84.8 cm³/mol. The zero-order chi connectivity index (χ0) is 15.7. The number of nitrogens with zero attached hydrogens (tertiary/aromatic N) is 2. The van der Waals surface area contributed by atoms with Gasteiger partial charge in [-0.2, -0.15) is 0 Å². The van der Waals surface area contributed by atoms with Gasteiger partial charge in [0, 0.05) is 5.56 Å². The lowest BCUT2D eigenvalue weighted by molar-refractivity contribution is 0.1000. The van der Waals surface area contributed by atoms with Crippen molar-refractivity contribution in [2.75, 3.05) is 0 Å². The zero-order valence-electron chi connectivity index (χ0n) is 12.1. The van der Waals surface area contributed by atoms with Crippen LogP contribution in [0.25, 0.3) is 10.9 Å². The van der Waals surface area contributed by atoms with Crippen molar-refractivity contribution in [2.45, 2.75) is 13.5 Å². The van der Waals surface area contributed by atoms with E-state index in [1.807, 2.05) is 31.2 Å². The van der Waals surface area contributed by atoms with Crippen LogP contribution in [0.15, 0.2) is 53.6 Å². The highest BCUT2D eigenvalue weighted by molar-refractivity contribution is 5.92. The Balaban J connectivity index is 2.04. The lowest BCUT2D eigenvalue weighted by Gasteiger charge is -2.08. The third-order valence-electron chi connectivity index (χ3n) is 3.54. The molecule has 3 aromatic rings. The van der Waals surface area contributed by atoms with E-state index in [0.29, 0.717) is 23.0 Å². The number of nitrogens with two attached hydrogens (primary N) is 1. The number of amides is 1. The third-order valence-corrected chi connectivity index (χ3v) is 3.54. The van der Waals surface area contributed by atoms with Gasteiger partial charge < -0.3 is 5.73 Å². The predicted octanol–water partition coefficient (Wildman–Crippen LogP) is 1.85. The first kappa shape index (κ1) is 14.0. The summed E-state index contributed by atoms with van der Waals surface area (Å²) in [6, 6.07) is 12.5. The Morgan fingerprint density at radius 1 is 1.23 bits per heavy atom. The summed E-state index contributed by atoms with van der Waals surface area (Å²) < 4.78 is 1.53. The minimum Gasteiger partial charge on any atom is -0.366 e. The van der Waals surface area contributed by atoms with Gasteiger partial charge in [-0.1, -0.05) is 23.8 Å². The van der Waals surface area contributed by atoms with Crippen molar-refractivity contribution in [1.29, 1.82) is 0 Å². The summed E-state index contributed by atoms with van der Waals surface area (Å²) in [4.78, 5) is 28.1. The van der Waals surface area contributed by atoms with Crippen molar-refractivity contribution < 1.29 is 4.79 Å². The number of aromatic nitrogens is 2. The number of aryl methyl sites for hydroxylation is 1. The summed E-state index contributed by atoms with van der Waals surface area (Å²) in [6.45, 7) is 2.28. The molecule has 110 valence electrons. The second-order valence-electron chi connectivity index (χ2n) is 5.26. The molecule has 1 aromatic heterocycles. The number of hydrogen-bond acceptors (Lipinski definition) is 3. The van der Waals surface area contributed by atoms with E-state index in [1.54, 1.807) is 18.2 Å². The second-order valence-corrected chi connectivity index (χ2v) is 5.26. The number of benzene rings is 2. The van der Waals surface area contributed by atoms with Gasteiger partial charge >= 0.3 is 0 Å². The van der Waals surface area contributed by atoms with Crippen LogP contribution in [-0.4, -0.2) is 15.5 Å². The Bertz CT molecular complexity index is 929. The van der Waals surface area contributed by atoms with Crippen LogP contribution >= 0.6 is 0 Å². The van der Waals surface area contributed by atoms with Crippen LogP contribution in [0.3, 0.4) is 0 Å². The molecule has 5 nitrogen and oxygen atoms in total. The standard InChI is InChI=1S/C17H15N3O2/c1-11-5-6-15-14(7-11)17(22)20(10-19-15)9-12-3-2-4-13(8-12)16(18)21/h2-8,10H,9H2,1H3,(H2,18,21). The van der Waals surface area contributed by atoms with Gasteiger partial charge in [0.05, 0.1) is 23.8 Å². The molecular weight excluding hydrogens is 278 g/mol. The fourth-order valence-electron chi connectivity index (χ4n) is 2.41. The molecule has 0 radical (unpaired) electrons. The van der Waals surface area contributed by atoms with Gasteiger partial charge in [-0.25, -0.2) is 4.98 Å². The van der Waals surface area contributed by atoms with Gasteiger partial charge in [0.2, 0.25) is 5.91 Å². The van der Waals surface area contributed by atoms with Crippen LogP contribution < -0.4 is 11.3 Å². The highest BCUT2D eigenvalue weighted by Gasteiger charge is 2.06. The van der Waals surface area contributed by atoms with Gasteiger partial charge in [-0.15, -0.1) is 0 Å². The van der Waals surface area contributed by atoms with Crippen LogP contribution in [0.5, 0.6) is 0 Å². The molecule has 0 aliphatic heterocycles. The maximum Gasteiger partial charge on any atom is 0.261 e. The topological polar surface area (TPSA) is 78.0 Å². The van der Waals surface area contributed by atoms with Crippen LogP contribution in [0.1, 0.15) is 21.5 Å². The number of carbonyl (C=O) groups is 1. The Kier molecular flexibility index (Phi) is 3.47. The molecule has 5 heteroatoms. The first-order valence-electron chi connectivity index (χ1n) is 6.89. The van der Waals surface area contributed by atoms with Crippen molar-refractivity contribution in [3.05, 3.63) is 75.8 Å². The van der Waals surface area contributed by atoms with Gasteiger partial charge in [0.25, 0.3) is 5.56 Å². The van der Waals surface area contributed by atoms with E-state index in [0.717, 1.165) is 11.1 Å². The SMILES string of the molecule is Cc1ccc2ncn(Cc3cccc(C(N)=O)c3)c(=O)c2c1. The van der Waals surface area contributed by atoms with E-state index in [1.165, 1.54) is 10.9 Å². The lowest BCUT2D eigenvalue weighted by Crippen LogP contribution is -2.21. The van der Waals surface area contributed by atoms with Crippen LogP contribution in [-0.2, 0) is 6.54 Å². The Morgan fingerprint density at radius 3 is 2.82 bits per heavy atom. The fourth-order valence-corrected chi connectivity index (χ4v) is 2.41. The molecule has 2 aromatic carbocycles. The zero-order valence-corrected chi connectivity index (χ0v) is 12.1. The summed E-state index contributed by atoms with van der Waals surface area (Å²) in [5, 5.41) is 0.591. The average molecular weight is 293 g/mol. The van der Waals surface area contributed by atoms with E-state index in [2.05, 4.69) is 4.98 Å². The van der Waals surface area contributed by atoms with E-state index in [-0.39, 0.29) is 5.56 Å². The minimum absolute atomic E-state index is 0.0989. The number of rotatable bonds is 3. The van der Waals surface area contributed by atoms with Gasteiger partial charge in [-0.05, 0) is 36.8 Å². The molecule has 0 bridgehead atoms. The van der Waals surface area contributed by atoms with Crippen LogP contribution in [0.4, 0.5) is 0 Å². The van der Waals surface area contributed by atoms with Gasteiger partial charge in [-0.3, -0.25) is 14.2 Å². The molecule has 0 atom stereocenters. The molecule has 3 rings (SSSR count). The second kappa shape index (κ2) is 5.44. The maximum absolute atomic E-state index is 12.5. The summed E-state index contributed by atoms with van der Waals surface area (Å²) >= 11 is 0. The van der Waals surface area contributed by atoms with E-state index in [9.17, 15) is 9.59 Å². The van der Waals surface area contributed by atoms with E-state index >= 15 is 0 Å². The molecule has 0 unspecified atom stereocenters. The molecule has 0 fully saturated rings. The third kappa shape index (κ3) is 2.61. The van der Waals surface area contributed by atoms with E-state index in [4.69, 9.17) is 5.73 Å². The molecule has 1 amide bonds. The number of hydrogen-bond donors (Lipinski definition) is 1. The highest BCUT2D eigenvalue weighted by atomic mass is 16.1. The molecule has 0 aliphatic rings. The summed E-state index contributed by atoms with van der Waals surface area (Å²) in [7, 11) is 0. The minimum atomic E-state index is -0.485. The molecule has 0 spiro atoms. The smallest absolute Gasteiger partial charge is 0.261 e. The lowest BCUT2D eigenvalue weighted by atomic mass is 10.1. The highest BCUT2D eigenvalue weighted by Crippen LogP contribution is 2.10. The molecule has 0 aliphatic carbocycles. The first-order chi connectivity index (χ1) is 10.5. The van der Waals surface area contributed by atoms with Crippen molar-refractivity contribution in [1.82, 2.24) is 9.55 Å². The van der Waals surface area contributed by atoms with Crippen LogP contribution in [0.2, 0.25) is 0 Å². The van der Waals surface area contributed by atoms with E-state index < -0.39 is 5.91 Å². The van der Waals surface area contributed by atoms with Crippen molar-refractivity contribution >= 4 is 16.8 Å². The number of primary amides is 1. The molecule has 1 heterocycles. The quantitative estimate of drug-likeness (QED) is 0.800. The average Bonchev–Trinajstić information content (AvgIpc) is 2.51. The molecule has 0 saturated carbocycles. The fraction of sp³-hybridized carbons (Fsp3) is 0.118. The van der Waals surface area contributed by atoms with Gasteiger partial charge in [0.1, 0.15) is 0 Å². The van der Waals surface area contributed by atoms with Crippen LogP contribution in [0, 0.1) is 6.92 Å². The van der Waals surface area contributed by atoms with Gasteiger partial charge in [0.15, 0.2) is 0 Å². The number of fused-ring (bicyclic) bond motifs is 1. The maximum atomic E-state index is 12.5. The molecule has 2 N–H and O–H groups in total. The van der Waals surface area contributed by atoms with Crippen molar-refractivity contribution in [3.63, 3.8) is 0 Å². The molecule has 0 saturated heterocycles. The van der Waals surface area contributed by atoms with Crippen molar-refractivity contribution in [3.8, 4) is 0 Å². The summed E-state index contributed by atoms with van der Waals surface area (Å²) in [5.41, 5.74) is 8.12. The first-order valence-corrected chi connectivity index (χ1v) is 6.89. The Morgan fingerprint density at radius 2 is 2.05 bits per heavy atom. The van der Waals surface area contributed by atoms with Crippen molar-refractivity contribution in [2.24, 2.45) is 5.73 Å². The monoisotopic (exact) mass is 293 g/mol. The molecule has 22 heavy (non-hydrogen) atoms. The summed E-state index contributed by atoms with van der Waals surface area (Å²) in [6.07, 6.45) is 1.52. The Labute approximate surface area is 127 Å². The molecular formula is C17H15N3O2. The largest absolute Gasteiger partial charge is 0.366 e.